The third-order valence-electron chi connectivity index (χ3n) is 3.12. The fourth-order valence-corrected chi connectivity index (χ4v) is 2.09. The van der Waals surface area contributed by atoms with Crippen LogP contribution >= 0.6 is 11.6 Å². The fourth-order valence-electron chi connectivity index (χ4n) is 1.93. The lowest BCUT2D eigenvalue weighted by molar-refractivity contribution is 0.0954. The molecule has 6 heteroatoms. The molecule has 0 unspecified atom stereocenters. The number of hydrogen-bond acceptors (Lipinski definition) is 3. The summed E-state index contributed by atoms with van der Waals surface area (Å²) >= 11 is 5.82. The summed E-state index contributed by atoms with van der Waals surface area (Å²) in [6.07, 6.45) is 1.99. The van der Waals surface area contributed by atoms with Gasteiger partial charge in [-0.1, -0.05) is 17.7 Å². The quantitative estimate of drug-likeness (QED) is 0.912. The Morgan fingerprint density at radius 3 is 2.86 bits per heavy atom. The number of aromatic nitrogens is 1. The number of carbonyl (C=O) groups excluding carboxylic acids is 1. The molecule has 2 rings (SSSR count). The van der Waals surface area contributed by atoms with E-state index in [1.165, 1.54) is 24.4 Å². The zero-order valence-corrected chi connectivity index (χ0v) is 12.2. The number of benzene rings is 1. The number of rotatable bonds is 4. The normalized spacial score (nSPS) is 10.4. The third-order valence-corrected chi connectivity index (χ3v) is 3.42. The lowest BCUT2D eigenvalue weighted by Gasteiger charge is -2.08. The van der Waals surface area contributed by atoms with Crippen molar-refractivity contribution in [2.45, 2.75) is 13.3 Å². The number of pyridine rings is 1. The number of anilines is 1. The Morgan fingerprint density at radius 2 is 2.19 bits per heavy atom. The van der Waals surface area contributed by atoms with Gasteiger partial charge in [-0.15, -0.1) is 0 Å². The van der Waals surface area contributed by atoms with Crippen LogP contribution in [0.15, 0.2) is 30.5 Å². The van der Waals surface area contributed by atoms with Gasteiger partial charge in [-0.05, 0) is 42.7 Å². The van der Waals surface area contributed by atoms with E-state index in [9.17, 15) is 9.18 Å². The summed E-state index contributed by atoms with van der Waals surface area (Å²) in [4.78, 5) is 15.8. The second-order valence-electron chi connectivity index (χ2n) is 4.67. The Hall–Kier alpha value is -2.14. The molecule has 110 valence electrons. The highest BCUT2D eigenvalue weighted by molar-refractivity contribution is 6.33. The van der Waals surface area contributed by atoms with Crippen molar-refractivity contribution in [3.05, 3.63) is 58.0 Å². The van der Waals surface area contributed by atoms with E-state index in [-0.39, 0.29) is 22.6 Å². The molecule has 0 radical (unpaired) electrons. The van der Waals surface area contributed by atoms with Crippen LogP contribution < -0.4 is 11.1 Å². The van der Waals surface area contributed by atoms with Gasteiger partial charge in [-0.25, -0.2) is 9.37 Å². The second-order valence-corrected chi connectivity index (χ2v) is 5.07. The first-order chi connectivity index (χ1) is 9.97. The van der Waals surface area contributed by atoms with Gasteiger partial charge in [-0.3, -0.25) is 4.79 Å². The molecule has 0 saturated heterocycles. The van der Waals surface area contributed by atoms with E-state index in [0.29, 0.717) is 18.5 Å². The van der Waals surface area contributed by atoms with Crippen molar-refractivity contribution in [2.75, 3.05) is 12.3 Å². The number of nitrogens with one attached hydrogen (secondary N) is 1. The highest BCUT2D eigenvalue weighted by Crippen LogP contribution is 2.16. The Morgan fingerprint density at radius 1 is 1.43 bits per heavy atom. The van der Waals surface area contributed by atoms with E-state index in [1.807, 2.05) is 6.92 Å². The molecular formula is C15H15ClFN3O. The molecule has 0 aliphatic rings. The smallest absolute Gasteiger partial charge is 0.252 e. The average Bonchev–Trinajstić information content (AvgIpc) is 2.44. The Kier molecular flexibility index (Phi) is 4.75. The summed E-state index contributed by atoms with van der Waals surface area (Å²) in [7, 11) is 0. The van der Waals surface area contributed by atoms with Gasteiger partial charge < -0.3 is 11.1 Å². The van der Waals surface area contributed by atoms with E-state index in [1.54, 1.807) is 6.07 Å². The summed E-state index contributed by atoms with van der Waals surface area (Å²) in [6, 6.07) is 6.08. The Balaban J connectivity index is 1.93. The highest BCUT2D eigenvalue weighted by atomic mass is 35.5. The number of halogens is 2. The topological polar surface area (TPSA) is 68.0 Å². The van der Waals surface area contributed by atoms with Gasteiger partial charge in [0, 0.05) is 12.7 Å². The molecule has 3 N–H and O–H groups in total. The van der Waals surface area contributed by atoms with E-state index in [2.05, 4.69) is 10.3 Å². The minimum absolute atomic E-state index is 0.190. The van der Waals surface area contributed by atoms with Gasteiger partial charge in [0.1, 0.15) is 11.6 Å². The molecule has 0 saturated carbocycles. The fraction of sp³-hybridized carbons (Fsp3) is 0.200. The molecule has 0 spiro atoms. The average molecular weight is 308 g/mol. The second kappa shape index (κ2) is 6.54. The van der Waals surface area contributed by atoms with Crippen molar-refractivity contribution in [1.82, 2.24) is 10.3 Å². The summed E-state index contributed by atoms with van der Waals surface area (Å²) in [6.45, 7) is 2.28. The first kappa shape index (κ1) is 15.3. The van der Waals surface area contributed by atoms with Crippen LogP contribution in [0.3, 0.4) is 0 Å². The van der Waals surface area contributed by atoms with E-state index in [0.717, 1.165) is 11.1 Å². The molecule has 1 aromatic heterocycles. The molecule has 0 atom stereocenters. The molecule has 0 aliphatic carbocycles. The number of hydrogen-bond donors (Lipinski definition) is 2. The number of amides is 1. The molecule has 2 aromatic rings. The van der Waals surface area contributed by atoms with Crippen LogP contribution in [0.4, 0.5) is 10.2 Å². The van der Waals surface area contributed by atoms with Crippen molar-refractivity contribution >= 4 is 23.3 Å². The summed E-state index contributed by atoms with van der Waals surface area (Å²) < 4.78 is 13.0. The van der Waals surface area contributed by atoms with Crippen molar-refractivity contribution in [1.29, 1.82) is 0 Å². The third kappa shape index (κ3) is 3.92. The SMILES string of the molecule is Cc1cc(F)ccc1CCNC(=O)c1cnc(N)c(Cl)c1. The van der Waals surface area contributed by atoms with E-state index >= 15 is 0 Å². The Labute approximate surface area is 127 Å². The maximum absolute atomic E-state index is 13.0. The molecule has 4 nitrogen and oxygen atoms in total. The van der Waals surface area contributed by atoms with Gasteiger partial charge in [-0.2, -0.15) is 0 Å². The number of nitrogens with two attached hydrogens (primary N) is 1. The summed E-state index contributed by atoms with van der Waals surface area (Å²) in [5.41, 5.74) is 7.69. The predicted molar refractivity (Wildman–Crippen MR) is 80.8 cm³/mol. The van der Waals surface area contributed by atoms with Crippen molar-refractivity contribution in [3.8, 4) is 0 Å². The van der Waals surface area contributed by atoms with Crippen LogP contribution in [-0.2, 0) is 6.42 Å². The zero-order valence-electron chi connectivity index (χ0n) is 11.5. The van der Waals surface area contributed by atoms with Crippen LogP contribution in [0.2, 0.25) is 5.02 Å². The van der Waals surface area contributed by atoms with Gasteiger partial charge in [0.25, 0.3) is 5.91 Å². The van der Waals surface area contributed by atoms with Crippen molar-refractivity contribution in [2.24, 2.45) is 0 Å². The van der Waals surface area contributed by atoms with Gasteiger partial charge in [0.2, 0.25) is 0 Å². The maximum Gasteiger partial charge on any atom is 0.252 e. The molecule has 1 amide bonds. The molecule has 1 heterocycles. The van der Waals surface area contributed by atoms with Crippen LogP contribution in [0.5, 0.6) is 0 Å². The summed E-state index contributed by atoms with van der Waals surface area (Å²) in [5, 5.41) is 3.01. The first-order valence-electron chi connectivity index (χ1n) is 6.41. The summed E-state index contributed by atoms with van der Waals surface area (Å²) in [5.74, 6) is -0.345. The number of carbonyl (C=O) groups is 1. The molecule has 1 aromatic carbocycles. The monoisotopic (exact) mass is 307 g/mol. The van der Waals surface area contributed by atoms with Crippen LogP contribution in [0.1, 0.15) is 21.5 Å². The number of aryl methyl sites for hydroxylation is 1. The maximum atomic E-state index is 13.0. The lowest BCUT2D eigenvalue weighted by atomic mass is 10.1. The Bertz CT molecular complexity index is 676. The van der Waals surface area contributed by atoms with Gasteiger partial charge in [0.05, 0.1) is 10.6 Å². The number of nitrogens with zero attached hydrogens (tertiary/aromatic N) is 1. The number of nitrogen functional groups attached to an aromatic ring is 1. The minimum atomic E-state index is -0.274. The van der Waals surface area contributed by atoms with Crippen LogP contribution in [0, 0.1) is 12.7 Å². The minimum Gasteiger partial charge on any atom is -0.382 e. The molecule has 0 bridgehead atoms. The molecule has 21 heavy (non-hydrogen) atoms. The lowest BCUT2D eigenvalue weighted by Crippen LogP contribution is -2.26. The van der Waals surface area contributed by atoms with Crippen molar-refractivity contribution in [3.63, 3.8) is 0 Å². The standard InChI is InChI=1S/C15H15ClFN3O/c1-9-6-12(17)3-2-10(9)4-5-19-15(21)11-7-13(16)14(18)20-8-11/h2-3,6-8H,4-5H2,1H3,(H2,18,20)(H,19,21). The molecule has 0 fully saturated rings. The molecular weight excluding hydrogens is 293 g/mol. The highest BCUT2D eigenvalue weighted by Gasteiger charge is 2.08. The van der Waals surface area contributed by atoms with E-state index in [4.69, 9.17) is 17.3 Å². The van der Waals surface area contributed by atoms with Crippen LogP contribution in [0.25, 0.3) is 0 Å². The predicted octanol–water partition coefficient (Wildman–Crippen LogP) is 2.74. The molecule has 0 aliphatic heterocycles. The van der Waals surface area contributed by atoms with E-state index < -0.39 is 0 Å². The van der Waals surface area contributed by atoms with Crippen LogP contribution in [-0.4, -0.2) is 17.4 Å². The van der Waals surface area contributed by atoms with Gasteiger partial charge >= 0.3 is 0 Å². The van der Waals surface area contributed by atoms with Gasteiger partial charge in [0.15, 0.2) is 0 Å². The first-order valence-corrected chi connectivity index (χ1v) is 6.79. The van der Waals surface area contributed by atoms with Crippen molar-refractivity contribution < 1.29 is 9.18 Å². The zero-order chi connectivity index (χ0) is 15.4. The largest absolute Gasteiger partial charge is 0.382 e.